The van der Waals surface area contributed by atoms with Crippen molar-refractivity contribution in [1.29, 1.82) is 5.26 Å². The Morgan fingerprint density at radius 1 is 1.12 bits per heavy atom. The monoisotopic (exact) mass is 349 g/mol. The Hall–Kier alpha value is -2.75. The van der Waals surface area contributed by atoms with Gasteiger partial charge in [0.2, 0.25) is 5.95 Å². The average Bonchev–Trinajstić information content (AvgIpc) is 3.53. The summed E-state index contributed by atoms with van der Waals surface area (Å²) in [7, 11) is 0. The number of nitriles is 1. The summed E-state index contributed by atoms with van der Waals surface area (Å²) in [6.45, 7) is 7.65. The molecule has 1 aliphatic heterocycles. The van der Waals surface area contributed by atoms with Gasteiger partial charge >= 0.3 is 0 Å². The summed E-state index contributed by atoms with van der Waals surface area (Å²) in [6, 6.07) is 3.72. The van der Waals surface area contributed by atoms with E-state index in [1.807, 2.05) is 0 Å². The highest BCUT2D eigenvalue weighted by Crippen LogP contribution is 2.39. The van der Waals surface area contributed by atoms with Crippen molar-refractivity contribution in [2.24, 2.45) is 0 Å². The molecule has 1 aliphatic carbocycles. The van der Waals surface area contributed by atoms with Gasteiger partial charge in [-0.25, -0.2) is 19.9 Å². The van der Waals surface area contributed by atoms with Crippen LogP contribution in [0.5, 0.6) is 0 Å². The average molecular weight is 349 g/mol. The van der Waals surface area contributed by atoms with E-state index in [-0.39, 0.29) is 0 Å². The van der Waals surface area contributed by atoms with Crippen LogP contribution < -0.4 is 9.80 Å². The number of hydrogen-bond donors (Lipinski definition) is 0. The molecular weight excluding hydrogens is 326 g/mol. The number of anilines is 2. The van der Waals surface area contributed by atoms with E-state index in [0.29, 0.717) is 17.6 Å². The third-order valence-electron chi connectivity index (χ3n) is 5.12. The van der Waals surface area contributed by atoms with Crippen LogP contribution in [-0.4, -0.2) is 46.1 Å². The van der Waals surface area contributed by atoms with Crippen LogP contribution in [0.15, 0.2) is 12.3 Å². The van der Waals surface area contributed by atoms with E-state index in [2.05, 4.69) is 39.7 Å². The fraction of sp³-hybridized carbons (Fsp3) is 0.526. The highest BCUT2D eigenvalue weighted by molar-refractivity contribution is 5.51. The number of nitrogens with zero attached hydrogens (tertiary/aromatic N) is 7. The molecule has 0 atom stereocenters. The van der Waals surface area contributed by atoms with Crippen molar-refractivity contribution < 1.29 is 0 Å². The van der Waals surface area contributed by atoms with E-state index in [1.165, 1.54) is 18.4 Å². The first-order chi connectivity index (χ1) is 12.7. The van der Waals surface area contributed by atoms with Crippen molar-refractivity contribution in [2.75, 3.05) is 36.0 Å². The minimum absolute atomic E-state index is 0.409. The second-order valence-electron chi connectivity index (χ2n) is 6.92. The highest BCUT2D eigenvalue weighted by atomic mass is 15.3. The van der Waals surface area contributed by atoms with Gasteiger partial charge in [0.05, 0.1) is 0 Å². The largest absolute Gasteiger partial charge is 0.353 e. The molecule has 26 heavy (non-hydrogen) atoms. The SMILES string of the molecule is CCc1c(C)nc(C2CC2)nc1N1CCN(c2nccc(C#N)n2)CC1. The lowest BCUT2D eigenvalue weighted by Crippen LogP contribution is -2.48. The van der Waals surface area contributed by atoms with Crippen LogP contribution in [0.25, 0.3) is 0 Å². The van der Waals surface area contributed by atoms with E-state index < -0.39 is 0 Å². The van der Waals surface area contributed by atoms with Crippen LogP contribution >= 0.6 is 0 Å². The Bertz CT molecular complexity index is 845. The summed E-state index contributed by atoms with van der Waals surface area (Å²) in [5.74, 6) is 3.31. The first-order valence-corrected chi connectivity index (χ1v) is 9.30. The van der Waals surface area contributed by atoms with Crippen LogP contribution in [0, 0.1) is 18.3 Å². The number of aromatic nitrogens is 4. The molecule has 3 heterocycles. The molecule has 134 valence electrons. The maximum Gasteiger partial charge on any atom is 0.226 e. The van der Waals surface area contributed by atoms with E-state index in [0.717, 1.165) is 49.9 Å². The van der Waals surface area contributed by atoms with Gasteiger partial charge in [-0.2, -0.15) is 5.26 Å². The number of piperazine rings is 1. The Morgan fingerprint density at radius 2 is 1.85 bits per heavy atom. The van der Waals surface area contributed by atoms with Gasteiger partial charge in [0, 0.05) is 49.6 Å². The third-order valence-corrected chi connectivity index (χ3v) is 5.12. The molecular formula is C19H23N7. The van der Waals surface area contributed by atoms with Gasteiger partial charge in [0.1, 0.15) is 23.4 Å². The normalized spacial score (nSPS) is 17.3. The van der Waals surface area contributed by atoms with Gasteiger partial charge < -0.3 is 9.80 Å². The minimum Gasteiger partial charge on any atom is -0.353 e. The quantitative estimate of drug-likeness (QED) is 0.837. The second kappa shape index (κ2) is 6.87. The predicted octanol–water partition coefficient (Wildman–Crippen LogP) is 2.21. The third kappa shape index (κ3) is 3.19. The van der Waals surface area contributed by atoms with Gasteiger partial charge in [0.15, 0.2) is 0 Å². The number of aryl methyl sites for hydroxylation is 1. The number of hydrogen-bond acceptors (Lipinski definition) is 7. The molecule has 7 heteroatoms. The lowest BCUT2D eigenvalue weighted by atomic mass is 10.1. The zero-order valence-electron chi connectivity index (χ0n) is 15.3. The summed E-state index contributed by atoms with van der Waals surface area (Å²) in [5, 5.41) is 9.03. The minimum atomic E-state index is 0.409. The van der Waals surface area contributed by atoms with Crippen molar-refractivity contribution in [2.45, 2.75) is 39.0 Å². The fourth-order valence-corrected chi connectivity index (χ4v) is 3.48. The fourth-order valence-electron chi connectivity index (χ4n) is 3.48. The van der Waals surface area contributed by atoms with Crippen LogP contribution in [-0.2, 0) is 6.42 Å². The van der Waals surface area contributed by atoms with Crippen molar-refractivity contribution >= 4 is 11.8 Å². The van der Waals surface area contributed by atoms with E-state index in [4.69, 9.17) is 15.2 Å². The van der Waals surface area contributed by atoms with E-state index in [1.54, 1.807) is 12.3 Å². The molecule has 0 amide bonds. The Kier molecular flexibility index (Phi) is 4.41. The molecule has 7 nitrogen and oxygen atoms in total. The molecule has 1 saturated carbocycles. The molecule has 2 aliphatic rings. The standard InChI is InChI=1S/C19H23N7/c1-3-16-13(2)22-17(14-4-5-14)24-18(16)25-8-10-26(11-9-25)19-21-7-6-15(12-20)23-19/h6-7,14H,3-5,8-11H2,1-2H3. The van der Waals surface area contributed by atoms with Crippen molar-refractivity contribution in [3.05, 3.63) is 35.0 Å². The molecule has 0 aromatic carbocycles. The van der Waals surface area contributed by atoms with Crippen LogP contribution in [0.3, 0.4) is 0 Å². The van der Waals surface area contributed by atoms with Crippen LogP contribution in [0.4, 0.5) is 11.8 Å². The van der Waals surface area contributed by atoms with Gasteiger partial charge in [-0.3, -0.25) is 0 Å². The summed E-state index contributed by atoms with van der Waals surface area (Å²) < 4.78 is 0. The molecule has 2 aromatic rings. The molecule has 0 bridgehead atoms. The van der Waals surface area contributed by atoms with E-state index in [9.17, 15) is 0 Å². The maximum atomic E-state index is 9.03. The topological polar surface area (TPSA) is 81.8 Å². The second-order valence-corrected chi connectivity index (χ2v) is 6.92. The molecule has 0 spiro atoms. The zero-order chi connectivity index (χ0) is 18.1. The summed E-state index contributed by atoms with van der Waals surface area (Å²) in [5.41, 5.74) is 2.78. The van der Waals surface area contributed by atoms with Gasteiger partial charge in [-0.1, -0.05) is 6.92 Å². The molecule has 0 radical (unpaired) electrons. The lowest BCUT2D eigenvalue weighted by Gasteiger charge is -2.36. The molecule has 2 fully saturated rings. The van der Waals surface area contributed by atoms with Crippen molar-refractivity contribution in [1.82, 2.24) is 19.9 Å². The van der Waals surface area contributed by atoms with Crippen molar-refractivity contribution in [3.63, 3.8) is 0 Å². The van der Waals surface area contributed by atoms with E-state index >= 15 is 0 Å². The smallest absolute Gasteiger partial charge is 0.226 e. The summed E-state index contributed by atoms with van der Waals surface area (Å²) in [6.07, 6.45) is 5.02. The van der Waals surface area contributed by atoms with Gasteiger partial charge in [-0.15, -0.1) is 0 Å². The van der Waals surface area contributed by atoms with Gasteiger partial charge in [-0.05, 0) is 32.3 Å². The molecule has 2 aromatic heterocycles. The van der Waals surface area contributed by atoms with Crippen LogP contribution in [0.1, 0.15) is 48.5 Å². The summed E-state index contributed by atoms with van der Waals surface area (Å²) in [4.78, 5) is 22.8. The molecule has 1 saturated heterocycles. The predicted molar refractivity (Wildman–Crippen MR) is 99.3 cm³/mol. The van der Waals surface area contributed by atoms with Gasteiger partial charge in [0.25, 0.3) is 0 Å². The Balaban J connectivity index is 1.53. The first-order valence-electron chi connectivity index (χ1n) is 9.30. The molecule has 0 unspecified atom stereocenters. The maximum absolute atomic E-state index is 9.03. The highest BCUT2D eigenvalue weighted by Gasteiger charge is 2.30. The first kappa shape index (κ1) is 16.7. The van der Waals surface area contributed by atoms with Crippen molar-refractivity contribution in [3.8, 4) is 6.07 Å². The number of rotatable bonds is 4. The Morgan fingerprint density at radius 3 is 2.50 bits per heavy atom. The summed E-state index contributed by atoms with van der Waals surface area (Å²) >= 11 is 0. The molecule has 0 N–H and O–H groups in total. The molecule has 4 rings (SSSR count). The van der Waals surface area contributed by atoms with Crippen LogP contribution in [0.2, 0.25) is 0 Å². The Labute approximate surface area is 153 Å². The lowest BCUT2D eigenvalue weighted by molar-refractivity contribution is 0.628. The zero-order valence-corrected chi connectivity index (χ0v) is 15.3.